The summed E-state index contributed by atoms with van der Waals surface area (Å²) in [5, 5.41) is 3.39. The highest BCUT2D eigenvalue weighted by Crippen LogP contribution is 2.15. The zero-order valence-corrected chi connectivity index (χ0v) is 10.7. The summed E-state index contributed by atoms with van der Waals surface area (Å²) in [5.74, 6) is 0.643. The van der Waals surface area contributed by atoms with E-state index in [1.165, 1.54) is 25.2 Å². The van der Waals surface area contributed by atoms with E-state index in [9.17, 15) is 0 Å². The lowest BCUT2D eigenvalue weighted by Crippen LogP contribution is -2.44. The number of benzene rings is 1. The third-order valence-electron chi connectivity index (χ3n) is 3.11. The van der Waals surface area contributed by atoms with Crippen molar-refractivity contribution >= 4 is 12.4 Å². The Kier molecular flexibility index (Phi) is 5.81. The number of halogens is 1. The summed E-state index contributed by atoms with van der Waals surface area (Å²) < 4.78 is 0. The number of piperazine rings is 1. The van der Waals surface area contributed by atoms with Crippen LogP contribution in [-0.4, -0.2) is 37.6 Å². The zero-order chi connectivity index (χ0) is 10.5. The average molecular weight is 241 g/mol. The van der Waals surface area contributed by atoms with Crippen LogP contribution in [0.2, 0.25) is 0 Å². The molecule has 1 aliphatic heterocycles. The predicted octanol–water partition coefficient (Wildman–Crippen LogP) is 2.12. The van der Waals surface area contributed by atoms with E-state index in [4.69, 9.17) is 0 Å². The van der Waals surface area contributed by atoms with Crippen molar-refractivity contribution < 1.29 is 0 Å². The molecule has 90 valence electrons. The van der Waals surface area contributed by atoms with Gasteiger partial charge in [0, 0.05) is 32.7 Å². The molecular weight excluding hydrogens is 220 g/mol. The third kappa shape index (κ3) is 3.78. The molecule has 0 spiro atoms. The van der Waals surface area contributed by atoms with Crippen molar-refractivity contribution in [2.75, 3.05) is 32.7 Å². The van der Waals surface area contributed by atoms with Gasteiger partial charge in [-0.1, -0.05) is 37.3 Å². The van der Waals surface area contributed by atoms with E-state index in [2.05, 4.69) is 47.5 Å². The van der Waals surface area contributed by atoms with Gasteiger partial charge < -0.3 is 10.2 Å². The fourth-order valence-electron chi connectivity index (χ4n) is 2.17. The van der Waals surface area contributed by atoms with Gasteiger partial charge in [0.05, 0.1) is 0 Å². The van der Waals surface area contributed by atoms with Crippen LogP contribution in [0.25, 0.3) is 0 Å². The van der Waals surface area contributed by atoms with Crippen molar-refractivity contribution in [1.29, 1.82) is 0 Å². The van der Waals surface area contributed by atoms with E-state index < -0.39 is 0 Å². The summed E-state index contributed by atoms with van der Waals surface area (Å²) in [5.41, 5.74) is 1.45. The summed E-state index contributed by atoms with van der Waals surface area (Å²) in [6, 6.07) is 10.8. The smallest absolute Gasteiger partial charge is 0.0108 e. The maximum atomic E-state index is 3.39. The van der Waals surface area contributed by atoms with Gasteiger partial charge in [-0.05, 0) is 11.5 Å². The van der Waals surface area contributed by atoms with Crippen molar-refractivity contribution in [3.8, 4) is 0 Å². The molecule has 2 rings (SSSR count). The highest BCUT2D eigenvalue weighted by atomic mass is 35.5. The molecule has 0 aliphatic carbocycles. The van der Waals surface area contributed by atoms with Crippen LogP contribution in [0.15, 0.2) is 30.3 Å². The highest BCUT2D eigenvalue weighted by molar-refractivity contribution is 5.85. The van der Waals surface area contributed by atoms with E-state index >= 15 is 0 Å². The van der Waals surface area contributed by atoms with E-state index in [0.29, 0.717) is 5.92 Å². The molecule has 0 bridgehead atoms. The largest absolute Gasteiger partial charge is 0.314 e. The van der Waals surface area contributed by atoms with Gasteiger partial charge in [0.1, 0.15) is 0 Å². The normalized spacial score (nSPS) is 18.8. The van der Waals surface area contributed by atoms with Gasteiger partial charge in [-0.2, -0.15) is 0 Å². The van der Waals surface area contributed by atoms with Crippen molar-refractivity contribution in [2.45, 2.75) is 12.8 Å². The van der Waals surface area contributed by atoms with Crippen LogP contribution in [-0.2, 0) is 0 Å². The molecule has 1 saturated heterocycles. The minimum absolute atomic E-state index is 0. The minimum Gasteiger partial charge on any atom is -0.314 e. The Hall–Kier alpha value is -0.570. The Labute approximate surface area is 104 Å². The highest BCUT2D eigenvalue weighted by Gasteiger charge is 2.13. The maximum absolute atomic E-state index is 3.39. The SMILES string of the molecule is CC(CN1CCNCC1)c1ccccc1.Cl. The predicted molar refractivity (Wildman–Crippen MR) is 71.4 cm³/mol. The standard InChI is InChI=1S/C13H20N2.ClH/c1-12(13-5-3-2-4-6-13)11-15-9-7-14-8-10-15;/h2-6,12,14H,7-11H2,1H3;1H. The molecule has 1 aliphatic rings. The van der Waals surface area contributed by atoms with Gasteiger partial charge in [-0.25, -0.2) is 0 Å². The van der Waals surface area contributed by atoms with Crippen LogP contribution in [0, 0.1) is 0 Å². The van der Waals surface area contributed by atoms with E-state index in [-0.39, 0.29) is 12.4 Å². The van der Waals surface area contributed by atoms with Crippen LogP contribution in [0.5, 0.6) is 0 Å². The molecule has 0 amide bonds. The van der Waals surface area contributed by atoms with Gasteiger partial charge in [0.25, 0.3) is 0 Å². The fraction of sp³-hybridized carbons (Fsp3) is 0.538. The Balaban J connectivity index is 0.00000128. The van der Waals surface area contributed by atoms with Crippen LogP contribution in [0.4, 0.5) is 0 Å². The summed E-state index contributed by atoms with van der Waals surface area (Å²) in [7, 11) is 0. The van der Waals surface area contributed by atoms with Crippen molar-refractivity contribution in [3.05, 3.63) is 35.9 Å². The second kappa shape index (κ2) is 6.89. The van der Waals surface area contributed by atoms with Crippen LogP contribution < -0.4 is 5.32 Å². The van der Waals surface area contributed by atoms with E-state index in [0.717, 1.165) is 13.1 Å². The molecule has 0 radical (unpaired) electrons. The zero-order valence-electron chi connectivity index (χ0n) is 9.86. The first-order valence-corrected chi connectivity index (χ1v) is 5.84. The molecule has 2 nitrogen and oxygen atoms in total. The van der Waals surface area contributed by atoms with Gasteiger partial charge in [-0.15, -0.1) is 12.4 Å². The van der Waals surface area contributed by atoms with Gasteiger partial charge in [0.15, 0.2) is 0 Å². The quantitative estimate of drug-likeness (QED) is 0.871. The molecule has 1 unspecified atom stereocenters. The molecule has 3 heteroatoms. The Morgan fingerprint density at radius 3 is 2.44 bits per heavy atom. The van der Waals surface area contributed by atoms with Crippen molar-refractivity contribution in [1.82, 2.24) is 10.2 Å². The average Bonchev–Trinajstić information content (AvgIpc) is 2.31. The fourth-order valence-corrected chi connectivity index (χ4v) is 2.17. The Bertz CT molecular complexity index is 283. The number of hydrogen-bond acceptors (Lipinski definition) is 2. The Morgan fingerprint density at radius 1 is 1.19 bits per heavy atom. The van der Waals surface area contributed by atoms with E-state index in [1.807, 2.05) is 0 Å². The van der Waals surface area contributed by atoms with Crippen LogP contribution in [0.1, 0.15) is 18.4 Å². The molecule has 1 atom stereocenters. The number of rotatable bonds is 3. The van der Waals surface area contributed by atoms with Gasteiger partial charge in [-0.3, -0.25) is 0 Å². The van der Waals surface area contributed by atoms with Crippen molar-refractivity contribution in [3.63, 3.8) is 0 Å². The first-order chi connectivity index (χ1) is 7.36. The molecule has 1 fully saturated rings. The van der Waals surface area contributed by atoms with Gasteiger partial charge >= 0.3 is 0 Å². The first kappa shape index (κ1) is 13.5. The summed E-state index contributed by atoms with van der Waals surface area (Å²) in [6.45, 7) is 8.17. The summed E-state index contributed by atoms with van der Waals surface area (Å²) in [4.78, 5) is 2.55. The number of hydrogen-bond donors (Lipinski definition) is 1. The molecule has 1 aromatic rings. The van der Waals surface area contributed by atoms with Gasteiger partial charge in [0.2, 0.25) is 0 Å². The summed E-state index contributed by atoms with van der Waals surface area (Å²) in [6.07, 6.45) is 0. The topological polar surface area (TPSA) is 15.3 Å². The van der Waals surface area contributed by atoms with Crippen molar-refractivity contribution in [2.24, 2.45) is 0 Å². The number of nitrogens with zero attached hydrogens (tertiary/aromatic N) is 1. The van der Waals surface area contributed by atoms with Crippen LogP contribution >= 0.6 is 12.4 Å². The molecular formula is C13H21ClN2. The molecule has 0 aromatic heterocycles. The van der Waals surface area contributed by atoms with E-state index in [1.54, 1.807) is 0 Å². The molecule has 1 heterocycles. The molecule has 1 aromatic carbocycles. The minimum atomic E-state index is 0. The lowest BCUT2D eigenvalue weighted by atomic mass is 10.0. The molecule has 16 heavy (non-hydrogen) atoms. The maximum Gasteiger partial charge on any atom is 0.0108 e. The monoisotopic (exact) mass is 240 g/mol. The second-order valence-electron chi connectivity index (χ2n) is 4.36. The lowest BCUT2D eigenvalue weighted by Gasteiger charge is -2.29. The lowest BCUT2D eigenvalue weighted by molar-refractivity contribution is 0.230. The third-order valence-corrected chi connectivity index (χ3v) is 3.11. The first-order valence-electron chi connectivity index (χ1n) is 5.84. The second-order valence-corrected chi connectivity index (χ2v) is 4.36. The molecule has 0 saturated carbocycles. The summed E-state index contributed by atoms with van der Waals surface area (Å²) >= 11 is 0. The Morgan fingerprint density at radius 2 is 1.81 bits per heavy atom. The number of nitrogens with one attached hydrogen (secondary N) is 1. The van der Waals surface area contributed by atoms with Crippen LogP contribution in [0.3, 0.4) is 0 Å². The molecule has 1 N–H and O–H groups in total.